The molecule has 0 fully saturated rings. The number of benzene rings is 1. The first-order chi connectivity index (χ1) is 8.90. The zero-order valence-corrected chi connectivity index (χ0v) is 11.6. The first-order valence-electron chi connectivity index (χ1n) is 6.39. The molecule has 1 aliphatic rings. The molecule has 1 aliphatic heterocycles. The molecular weight excluding hydrogens is 244 g/mol. The van der Waals surface area contributed by atoms with Crippen LogP contribution in [-0.4, -0.2) is 32.0 Å². The molecule has 1 unspecified atom stereocenters. The van der Waals surface area contributed by atoms with E-state index in [0.29, 0.717) is 5.25 Å². The van der Waals surface area contributed by atoms with E-state index in [4.69, 9.17) is 4.74 Å². The van der Waals surface area contributed by atoms with Gasteiger partial charge in [0.1, 0.15) is 0 Å². The van der Waals surface area contributed by atoms with Gasteiger partial charge in [-0.15, -0.1) is 0 Å². The minimum atomic E-state index is 0.479. The van der Waals surface area contributed by atoms with Gasteiger partial charge in [0.15, 0.2) is 5.17 Å². The Morgan fingerprint density at radius 1 is 1.33 bits per heavy atom. The maximum atomic E-state index is 5.03. The second-order valence-corrected chi connectivity index (χ2v) is 5.48. The van der Waals surface area contributed by atoms with E-state index in [0.717, 1.165) is 37.7 Å². The Labute approximate surface area is 113 Å². The highest BCUT2D eigenvalue weighted by Gasteiger charge is 2.20. The van der Waals surface area contributed by atoms with Crippen LogP contribution < -0.4 is 5.32 Å². The van der Waals surface area contributed by atoms with Gasteiger partial charge >= 0.3 is 0 Å². The van der Waals surface area contributed by atoms with Crippen LogP contribution in [-0.2, 0) is 4.74 Å². The summed E-state index contributed by atoms with van der Waals surface area (Å²) >= 11 is 1.84. The number of hydrogen-bond acceptors (Lipinski definition) is 4. The topological polar surface area (TPSA) is 33.6 Å². The van der Waals surface area contributed by atoms with Crippen LogP contribution in [0.2, 0.25) is 0 Å². The minimum absolute atomic E-state index is 0.479. The monoisotopic (exact) mass is 264 g/mol. The van der Waals surface area contributed by atoms with Crippen molar-refractivity contribution in [1.82, 2.24) is 5.32 Å². The zero-order valence-electron chi connectivity index (χ0n) is 10.8. The van der Waals surface area contributed by atoms with Gasteiger partial charge in [0, 0.05) is 20.3 Å². The fourth-order valence-corrected chi connectivity index (χ4v) is 2.93. The van der Waals surface area contributed by atoms with E-state index in [9.17, 15) is 0 Å². The van der Waals surface area contributed by atoms with Crippen LogP contribution in [0, 0.1) is 0 Å². The van der Waals surface area contributed by atoms with E-state index in [2.05, 4.69) is 40.6 Å². The fourth-order valence-electron chi connectivity index (χ4n) is 1.88. The Morgan fingerprint density at radius 3 is 2.94 bits per heavy atom. The predicted octanol–water partition coefficient (Wildman–Crippen LogP) is 2.85. The van der Waals surface area contributed by atoms with Crippen LogP contribution in [0.3, 0.4) is 0 Å². The van der Waals surface area contributed by atoms with Crippen LogP contribution in [0.25, 0.3) is 0 Å². The largest absolute Gasteiger partial charge is 0.385 e. The summed E-state index contributed by atoms with van der Waals surface area (Å²) in [5.41, 5.74) is 1.36. The first kappa shape index (κ1) is 13.4. The molecule has 1 aromatic carbocycles. The Kier molecular flexibility index (Phi) is 5.55. The number of ether oxygens (including phenoxy) is 1. The Morgan fingerprint density at radius 2 is 2.17 bits per heavy atom. The van der Waals surface area contributed by atoms with Gasteiger partial charge in [-0.1, -0.05) is 42.1 Å². The molecule has 0 bridgehead atoms. The van der Waals surface area contributed by atoms with Crippen LogP contribution >= 0.6 is 11.8 Å². The summed E-state index contributed by atoms with van der Waals surface area (Å²) < 4.78 is 5.03. The molecule has 0 saturated carbocycles. The third kappa shape index (κ3) is 4.03. The summed E-state index contributed by atoms with van der Waals surface area (Å²) in [5, 5.41) is 4.96. The lowest BCUT2D eigenvalue weighted by molar-refractivity contribution is 0.193. The van der Waals surface area contributed by atoms with Crippen molar-refractivity contribution < 1.29 is 4.74 Å². The molecule has 18 heavy (non-hydrogen) atoms. The van der Waals surface area contributed by atoms with Crippen LogP contribution in [0.5, 0.6) is 0 Å². The molecule has 1 aromatic rings. The van der Waals surface area contributed by atoms with Crippen molar-refractivity contribution in [1.29, 1.82) is 0 Å². The Hall–Kier alpha value is -1.00. The normalized spacial score (nSPS) is 18.7. The summed E-state index contributed by atoms with van der Waals surface area (Å²) in [6.45, 7) is 2.71. The number of thioether (sulfide) groups is 1. The summed E-state index contributed by atoms with van der Waals surface area (Å²) in [6.07, 6.45) is 2.23. The van der Waals surface area contributed by atoms with E-state index in [1.165, 1.54) is 5.56 Å². The van der Waals surface area contributed by atoms with Crippen LogP contribution in [0.15, 0.2) is 35.3 Å². The molecule has 0 spiro atoms. The molecule has 3 nitrogen and oxygen atoms in total. The van der Waals surface area contributed by atoms with Crippen molar-refractivity contribution in [3.05, 3.63) is 35.9 Å². The lowest BCUT2D eigenvalue weighted by Gasteiger charge is -2.09. The van der Waals surface area contributed by atoms with E-state index < -0.39 is 0 Å². The standard InChI is InChI=1S/C14H20N2OS/c1-17-10-6-5-9-15-14-16-11-13(18-14)12-7-3-2-4-8-12/h2-4,7-8,13H,5-6,9-11H2,1H3,(H,15,16). The number of aliphatic imine (C=N–C) groups is 1. The highest BCUT2D eigenvalue weighted by Crippen LogP contribution is 2.33. The quantitative estimate of drug-likeness (QED) is 0.802. The summed E-state index contributed by atoms with van der Waals surface area (Å²) in [5.74, 6) is 0. The van der Waals surface area contributed by atoms with Crippen molar-refractivity contribution >= 4 is 16.9 Å². The third-order valence-electron chi connectivity index (χ3n) is 2.88. The number of rotatable bonds is 6. The van der Waals surface area contributed by atoms with Gasteiger partial charge in [-0.05, 0) is 18.4 Å². The maximum Gasteiger partial charge on any atom is 0.157 e. The number of nitrogens with zero attached hydrogens (tertiary/aromatic N) is 1. The van der Waals surface area contributed by atoms with E-state index in [-0.39, 0.29) is 0 Å². The molecule has 2 rings (SSSR count). The fraction of sp³-hybridized carbons (Fsp3) is 0.500. The van der Waals surface area contributed by atoms with Gasteiger partial charge in [-0.3, -0.25) is 4.99 Å². The second kappa shape index (κ2) is 7.44. The molecule has 0 radical (unpaired) electrons. The molecule has 98 valence electrons. The SMILES string of the molecule is COCCCCNC1=NCC(c2ccccc2)S1. The maximum absolute atomic E-state index is 5.03. The highest BCUT2D eigenvalue weighted by molar-refractivity contribution is 8.14. The Balaban J connectivity index is 1.68. The zero-order chi connectivity index (χ0) is 12.6. The van der Waals surface area contributed by atoms with Gasteiger partial charge in [0.05, 0.1) is 11.8 Å². The van der Waals surface area contributed by atoms with E-state index >= 15 is 0 Å². The average Bonchev–Trinajstić information content (AvgIpc) is 2.88. The summed E-state index contributed by atoms with van der Waals surface area (Å²) in [4.78, 5) is 4.55. The summed E-state index contributed by atoms with van der Waals surface area (Å²) in [7, 11) is 1.74. The number of amidine groups is 1. The summed E-state index contributed by atoms with van der Waals surface area (Å²) in [6, 6.07) is 10.6. The average molecular weight is 264 g/mol. The van der Waals surface area contributed by atoms with Crippen molar-refractivity contribution in [2.24, 2.45) is 4.99 Å². The highest BCUT2D eigenvalue weighted by atomic mass is 32.2. The van der Waals surface area contributed by atoms with Crippen LogP contribution in [0.1, 0.15) is 23.7 Å². The van der Waals surface area contributed by atoms with Crippen molar-refractivity contribution in [2.75, 3.05) is 26.8 Å². The molecule has 0 aliphatic carbocycles. The molecule has 0 saturated heterocycles. The molecule has 1 N–H and O–H groups in total. The van der Waals surface area contributed by atoms with Crippen LogP contribution in [0.4, 0.5) is 0 Å². The van der Waals surface area contributed by atoms with Gasteiger partial charge in [0.25, 0.3) is 0 Å². The first-order valence-corrected chi connectivity index (χ1v) is 7.27. The van der Waals surface area contributed by atoms with Crippen molar-refractivity contribution in [3.8, 4) is 0 Å². The van der Waals surface area contributed by atoms with Crippen molar-refractivity contribution in [3.63, 3.8) is 0 Å². The number of unbranched alkanes of at least 4 members (excludes halogenated alkanes) is 1. The lowest BCUT2D eigenvalue weighted by atomic mass is 10.1. The predicted molar refractivity (Wildman–Crippen MR) is 78.2 cm³/mol. The molecule has 1 heterocycles. The smallest absolute Gasteiger partial charge is 0.157 e. The number of methoxy groups -OCH3 is 1. The number of hydrogen-bond donors (Lipinski definition) is 1. The molecule has 4 heteroatoms. The molecule has 1 atom stereocenters. The van der Waals surface area contributed by atoms with Gasteiger partial charge in [0.2, 0.25) is 0 Å². The second-order valence-electron chi connectivity index (χ2n) is 4.29. The van der Waals surface area contributed by atoms with Gasteiger partial charge in [-0.25, -0.2) is 0 Å². The van der Waals surface area contributed by atoms with Crippen molar-refractivity contribution in [2.45, 2.75) is 18.1 Å². The van der Waals surface area contributed by atoms with Gasteiger partial charge < -0.3 is 10.1 Å². The Bertz CT molecular complexity index is 381. The molecular formula is C14H20N2OS. The lowest BCUT2D eigenvalue weighted by Crippen LogP contribution is -2.20. The van der Waals surface area contributed by atoms with E-state index in [1.807, 2.05) is 11.8 Å². The van der Waals surface area contributed by atoms with E-state index in [1.54, 1.807) is 7.11 Å². The minimum Gasteiger partial charge on any atom is -0.385 e. The third-order valence-corrected chi connectivity index (χ3v) is 4.08. The van der Waals surface area contributed by atoms with Gasteiger partial charge in [-0.2, -0.15) is 0 Å². The molecule has 0 amide bonds. The molecule has 0 aromatic heterocycles. The number of nitrogens with one attached hydrogen (secondary N) is 1.